The number of fused-ring (bicyclic) bond motifs is 1. The summed E-state index contributed by atoms with van der Waals surface area (Å²) < 4.78 is 29.2. The maximum atomic E-state index is 13.4. The highest BCUT2D eigenvalue weighted by molar-refractivity contribution is 7.89. The van der Waals surface area contributed by atoms with E-state index in [2.05, 4.69) is 15.0 Å². The van der Waals surface area contributed by atoms with Gasteiger partial charge in [-0.2, -0.15) is 4.72 Å². The quantitative estimate of drug-likeness (QED) is 0.136. The van der Waals surface area contributed by atoms with Gasteiger partial charge >= 0.3 is 0 Å². The molecule has 8 N–H and O–H groups in total. The van der Waals surface area contributed by atoms with E-state index in [-0.39, 0.29) is 30.2 Å². The molecule has 0 heterocycles. The lowest BCUT2D eigenvalue weighted by atomic mass is 10.0. The highest BCUT2D eigenvalue weighted by atomic mass is 32.2. The summed E-state index contributed by atoms with van der Waals surface area (Å²) in [7, 11) is -4.11. The Bertz CT molecular complexity index is 1340. The first-order valence-corrected chi connectivity index (χ1v) is 12.8. The third-order valence-electron chi connectivity index (χ3n) is 5.54. The van der Waals surface area contributed by atoms with Gasteiger partial charge in [-0.15, -0.1) is 0 Å². The predicted octanol–water partition coefficient (Wildman–Crippen LogP) is 0.753. The minimum Gasteiger partial charge on any atom is -0.370 e. The summed E-state index contributed by atoms with van der Waals surface area (Å²) >= 11 is 0. The van der Waals surface area contributed by atoms with Crippen LogP contribution < -0.4 is 27.2 Å². The minimum atomic E-state index is -4.11. The second-order valence-corrected chi connectivity index (χ2v) is 9.94. The number of hydrogen-bond donors (Lipinski definition) is 5. The Hall–Kier alpha value is -3.96. The molecule has 0 aromatic heterocycles. The van der Waals surface area contributed by atoms with Gasteiger partial charge in [0.05, 0.1) is 4.90 Å². The van der Waals surface area contributed by atoms with Crippen molar-refractivity contribution in [1.29, 1.82) is 0 Å². The normalized spacial score (nSPS) is 13.0. The van der Waals surface area contributed by atoms with Crippen LogP contribution in [-0.4, -0.2) is 44.8 Å². The van der Waals surface area contributed by atoms with E-state index in [0.717, 1.165) is 10.9 Å². The fraction of sp³-hybridized carbons (Fsp3) is 0.240. The molecule has 0 aliphatic carbocycles. The maximum absolute atomic E-state index is 13.4. The molecule has 0 aliphatic heterocycles. The van der Waals surface area contributed by atoms with Crippen molar-refractivity contribution in [2.75, 3.05) is 6.54 Å². The molecule has 2 atom stereocenters. The van der Waals surface area contributed by atoms with Gasteiger partial charge in [0.2, 0.25) is 21.8 Å². The number of benzene rings is 3. The molecule has 0 spiro atoms. The summed E-state index contributed by atoms with van der Waals surface area (Å²) in [5, 5.41) is 3.86. The number of hydrogen-bond acceptors (Lipinski definition) is 5. The van der Waals surface area contributed by atoms with Crippen LogP contribution in [0.1, 0.15) is 18.4 Å². The maximum Gasteiger partial charge on any atom is 0.241 e. The van der Waals surface area contributed by atoms with Gasteiger partial charge in [0.1, 0.15) is 12.1 Å². The SMILES string of the molecule is NC(=O)[C@H](Cc1ccccc1)NC(=O)C(CCCN=C(N)N)NS(=O)(=O)c1cccc2ccccc12. The van der Waals surface area contributed by atoms with E-state index in [1.54, 1.807) is 54.6 Å². The van der Waals surface area contributed by atoms with Gasteiger partial charge < -0.3 is 22.5 Å². The molecule has 36 heavy (non-hydrogen) atoms. The standard InChI is InChI=1S/C25H30N6O4S/c26-23(32)21(16-17-8-2-1-3-9-17)30-24(33)20(13-7-15-29-25(27)28)31-36(34,35)22-14-6-11-18-10-4-5-12-19(18)22/h1-6,8-12,14,20-21,31H,7,13,15-16H2,(H2,26,32)(H,30,33)(H4,27,28,29)/t20?,21-/m0/s1. The Balaban J connectivity index is 1.84. The minimum absolute atomic E-state index is 0.0401. The smallest absolute Gasteiger partial charge is 0.241 e. The Kier molecular flexibility index (Phi) is 8.98. The topological polar surface area (TPSA) is 183 Å². The van der Waals surface area contributed by atoms with E-state index in [1.165, 1.54) is 6.07 Å². The summed E-state index contributed by atoms with van der Waals surface area (Å²) in [6.45, 7) is 0.200. The average Bonchev–Trinajstić information content (AvgIpc) is 2.85. The van der Waals surface area contributed by atoms with Crippen molar-refractivity contribution in [1.82, 2.24) is 10.0 Å². The van der Waals surface area contributed by atoms with E-state index in [1.807, 2.05) is 12.1 Å². The largest absolute Gasteiger partial charge is 0.370 e. The molecular formula is C25H30N6O4S. The molecule has 11 heteroatoms. The van der Waals surface area contributed by atoms with Gasteiger partial charge in [-0.3, -0.25) is 14.6 Å². The first kappa shape index (κ1) is 26.6. The number of nitrogens with zero attached hydrogens (tertiary/aromatic N) is 1. The summed E-state index contributed by atoms with van der Waals surface area (Å²) in [6, 6.07) is 18.8. The van der Waals surface area contributed by atoms with Crippen molar-refractivity contribution < 1.29 is 18.0 Å². The number of carbonyl (C=O) groups excluding carboxylic acids is 2. The first-order valence-electron chi connectivity index (χ1n) is 11.4. The van der Waals surface area contributed by atoms with Crippen LogP contribution in [0.25, 0.3) is 10.8 Å². The van der Waals surface area contributed by atoms with Crippen molar-refractivity contribution in [3.05, 3.63) is 78.4 Å². The van der Waals surface area contributed by atoms with E-state index < -0.39 is 33.9 Å². The van der Waals surface area contributed by atoms with Crippen LogP contribution >= 0.6 is 0 Å². The first-order chi connectivity index (χ1) is 17.2. The number of primary amides is 1. The van der Waals surface area contributed by atoms with Crippen molar-refractivity contribution in [3.8, 4) is 0 Å². The Labute approximate surface area is 210 Å². The molecule has 1 unspecified atom stereocenters. The molecule has 0 aliphatic rings. The van der Waals surface area contributed by atoms with Gasteiger partial charge in [0.25, 0.3) is 0 Å². The van der Waals surface area contributed by atoms with E-state index >= 15 is 0 Å². The molecule has 0 radical (unpaired) electrons. The van der Waals surface area contributed by atoms with Gasteiger partial charge in [-0.05, 0) is 29.9 Å². The number of aliphatic imine (C=N–C) groups is 1. The fourth-order valence-electron chi connectivity index (χ4n) is 3.77. The Morgan fingerprint density at radius 2 is 1.53 bits per heavy atom. The molecule has 3 rings (SSSR count). The van der Waals surface area contributed by atoms with Crippen molar-refractivity contribution in [2.45, 2.75) is 36.2 Å². The summed E-state index contributed by atoms with van der Waals surface area (Å²) in [5.41, 5.74) is 17.0. The molecule has 0 saturated carbocycles. The van der Waals surface area contributed by atoms with Crippen LogP contribution in [0.5, 0.6) is 0 Å². The number of carbonyl (C=O) groups is 2. The Morgan fingerprint density at radius 3 is 2.22 bits per heavy atom. The van der Waals surface area contributed by atoms with Gasteiger partial charge in [0, 0.05) is 18.4 Å². The highest BCUT2D eigenvalue weighted by Gasteiger charge is 2.29. The highest BCUT2D eigenvalue weighted by Crippen LogP contribution is 2.23. The van der Waals surface area contributed by atoms with Crippen molar-refractivity contribution in [2.24, 2.45) is 22.2 Å². The molecule has 0 fully saturated rings. The van der Waals surface area contributed by atoms with E-state index in [4.69, 9.17) is 17.2 Å². The van der Waals surface area contributed by atoms with E-state index in [9.17, 15) is 18.0 Å². The van der Waals surface area contributed by atoms with Crippen molar-refractivity contribution >= 4 is 38.6 Å². The summed E-state index contributed by atoms with van der Waals surface area (Å²) in [5.74, 6) is -1.52. The third kappa shape index (κ3) is 7.27. The van der Waals surface area contributed by atoms with Crippen LogP contribution in [0.3, 0.4) is 0 Å². The molecule has 0 bridgehead atoms. The number of nitrogens with one attached hydrogen (secondary N) is 2. The lowest BCUT2D eigenvalue weighted by Gasteiger charge is -2.22. The van der Waals surface area contributed by atoms with Crippen LogP contribution in [0.15, 0.2) is 82.7 Å². The van der Waals surface area contributed by atoms with Crippen LogP contribution in [-0.2, 0) is 26.0 Å². The molecular weight excluding hydrogens is 480 g/mol. The fourth-order valence-corrected chi connectivity index (χ4v) is 5.23. The number of guanidine groups is 1. The van der Waals surface area contributed by atoms with Crippen LogP contribution in [0.2, 0.25) is 0 Å². The van der Waals surface area contributed by atoms with Crippen LogP contribution in [0.4, 0.5) is 0 Å². The molecule has 190 valence electrons. The lowest BCUT2D eigenvalue weighted by Crippen LogP contribution is -2.53. The summed E-state index contributed by atoms with van der Waals surface area (Å²) in [4.78, 5) is 29.2. The zero-order valence-corrected chi connectivity index (χ0v) is 20.4. The van der Waals surface area contributed by atoms with Gasteiger partial charge in [0.15, 0.2) is 5.96 Å². The molecule has 0 saturated heterocycles. The number of nitrogens with two attached hydrogens (primary N) is 3. The zero-order valence-electron chi connectivity index (χ0n) is 19.6. The Morgan fingerprint density at radius 1 is 0.861 bits per heavy atom. The lowest BCUT2D eigenvalue weighted by molar-refractivity contribution is -0.128. The number of sulfonamides is 1. The van der Waals surface area contributed by atoms with E-state index in [0.29, 0.717) is 11.8 Å². The van der Waals surface area contributed by atoms with Crippen LogP contribution in [0, 0.1) is 0 Å². The zero-order chi connectivity index (χ0) is 26.1. The average molecular weight is 511 g/mol. The number of amides is 2. The summed E-state index contributed by atoms with van der Waals surface area (Å²) in [6.07, 6.45) is 0.566. The predicted molar refractivity (Wildman–Crippen MR) is 139 cm³/mol. The second kappa shape index (κ2) is 12.1. The second-order valence-electron chi connectivity index (χ2n) is 8.25. The molecule has 2 amide bonds. The van der Waals surface area contributed by atoms with Gasteiger partial charge in [-0.25, -0.2) is 8.42 Å². The number of rotatable bonds is 12. The molecule has 3 aromatic rings. The molecule has 3 aromatic carbocycles. The van der Waals surface area contributed by atoms with Crippen molar-refractivity contribution in [3.63, 3.8) is 0 Å². The molecule has 10 nitrogen and oxygen atoms in total. The van der Waals surface area contributed by atoms with Gasteiger partial charge in [-0.1, -0.05) is 66.7 Å². The monoisotopic (exact) mass is 510 g/mol. The third-order valence-corrected chi connectivity index (χ3v) is 7.07.